The predicted molar refractivity (Wildman–Crippen MR) is 186 cm³/mol. The Morgan fingerprint density at radius 1 is 0.623 bits per heavy atom. The van der Waals surface area contributed by atoms with Crippen LogP contribution in [0.1, 0.15) is 48.4 Å². The molecule has 4 aromatic carbocycles. The standard InChI is InChI=1S/C40H35NO12/c1-25(42)41-33-30(51-37(44)27-17-9-4-10-18-27)23-31(40(47)48-2)50-35(33)34(53-39(46)29-21-13-6-14-22-29)32(52-38(45)28-19-11-5-12-20-28)24-49-36(43)26-15-7-3-8-16-26/h3-23,30,32-35H,24H2,1-2H3,(H,41,42)/t30-,32+,33+,34+,35+/m0/s1. The average molecular weight is 722 g/mol. The summed E-state index contributed by atoms with van der Waals surface area (Å²) in [4.78, 5) is 79.6. The summed E-state index contributed by atoms with van der Waals surface area (Å²) in [6, 6.07) is 30.2. The average Bonchev–Trinajstić information content (AvgIpc) is 3.19. The zero-order valence-electron chi connectivity index (χ0n) is 28.6. The van der Waals surface area contributed by atoms with Crippen molar-refractivity contribution in [3.8, 4) is 0 Å². The van der Waals surface area contributed by atoms with Crippen molar-refractivity contribution in [2.75, 3.05) is 13.7 Å². The number of methoxy groups -OCH3 is 1. The molecule has 0 aromatic heterocycles. The summed E-state index contributed by atoms with van der Waals surface area (Å²) >= 11 is 0. The molecule has 0 saturated heterocycles. The van der Waals surface area contributed by atoms with Crippen LogP contribution in [0.3, 0.4) is 0 Å². The number of amides is 1. The summed E-state index contributed by atoms with van der Waals surface area (Å²) in [7, 11) is 1.09. The van der Waals surface area contributed by atoms with Crippen LogP contribution in [-0.2, 0) is 38.0 Å². The first-order chi connectivity index (χ1) is 25.6. The van der Waals surface area contributed by atoms with E-state index in [2.05, 4.69) is 5.32 Å². The van der Waals surface area contributed by atoms with Crippen LogP contribution in [0.5, 0.6) is 0 Å². The molecule has 13 heteroatoms. The van der Waals surface area contributed by atoms with Gasteiger partial charge in [0.15, 0.2) is 18.3 Å². The molecule has 0 saturated carbocycles. The second-order valence-electron chi connectivity index (χ2n) is 11.6. The van der Waals surface area contributed by atoms with Gasteiger partial charge < -0.3 is 33.7 Å². The van der Waals surface area contributed by atoms with E-state index >= 15 is 0 Å². The number of esters is 5. The minimum Gasteiger partial charge on any atom is -0.477 e. The number of hydrogen-bond donors (Lipinski definition) is 1. The fourth-order valence-electron chi connectivity index (χ4n) is 5.37. The minimum atomic E-state index is -1.75. The third kappa shape index (κ3) is 9.94. The van der Waals surface area contributed by atoms with Crippen LogP contribution < -0.4 is 5.32 Å². The van der Waals surface area contributed by atoms with Gasteiger partial charge in [-0.05, 0) is 48.5 Å². The lowest BCUT2D eigenvalue weighted by Crippen LogP contribution is -2.62. The van der Waals surface area contributed by atoms with Gasteiger partial charge in [-0.3, -0.25) is 4.79 Å². The Bertz CT molecular complexity index is 1930. The van der Waals surface area contributed by atoms with Gasteiger partial charge in [-0.15, -0.1) is 0 Å². The van der Waals surface area contributed by atoms with Crippen molar-refractivity contribution in [3.63, 3.8) is 0 Å². The molecule has 1 aliphatic heterocycles. The molecule has 0 fully saturated rings. The van der Waals surface area contributed by atoms with Crippen LogP contribution in [-0.4, -0.2) is 79.9 Å². The van der Waals surface area contributed by atoms with Crippen molar-refractivity contribution in [2.24, 2.45) is 0 Å². The molecule has 0 spiro atoms. The van der Waals surface area contributed by atoms with E-state index < -0.39 is 78.6 Å². The Morgan fingerprint density at radius 2 is 1.08 bits per heavy atom. The first-order valence-electron chi connectivity index (χ1n) is 16.4. The first-order valence-corrected chi connectivity index (χ1v) is 16.4. The van der Waals surface area contributed by atoms with Crippen molar-refractivity contribution in [1.82, 2.24) is 5.32 Å². The Morgan fingerprint density at radius 3 is 1.55 bits per heavy atom. The molecule has 5 atom stereocenters. The molecule has 0 bridgehead atoms. The van der Waals surface area contributed by atoms with Crippen LogP contribution in [0.2, 0.25) is 0 Å². The number of ether oxygens (including phenoxy) is 6. The van der Waals surface area contributed by atoms with E-state index in [9.17, 15) is 28.8 Å². The summed E-state index contributed by atoms with van der Waals surface area (Å²) in [5.41, 5.74) is 0.509. The van der Waals surface area contributed by atoms with Crippen LogP contribution in [0.15, 0.2) is 133 Å². The fourth-order valence-corrected chi connectivity index (χ4v) is 5.37. The smallest absolute Gasteiger partial charge is 0.373 e. The molecule has 0 aliphatic carbocycles. The van der Waals surface area contributed by atoms with Gasteiger partial charge in [0.1, 0.15) is 18.8 Å². The van der Waals surface area contributed by atoms with Crippen LogP contribution in [0.4, 0.5) is 0 Å². The lowest BCUT2D eigenvalue weighted by atomic mass is 9.93. The summed E-state index contributed by atoms with van der Waals surface area (Å²) in [5, 5.41) is 2.66. The van der Waals surface area contributed by atoms with E-state index in [-0.39, 0.29) is 22.3 Å². The molecule has 0 radical (unpaired) electrons. The molecular formula is C40H35NO12. The fraction of sp³-hybridized carbons (Fsp3) is 0.200. The number of carbonyl (C=O) groups excluding carboxylic acids is 6. The number of hydrogen-bond acceptors (Lipinski definition) is 12. The topological polar surface area (TPSA) is 170 Å². The quantitative estimate of drug-likeness (QED) is 0.152. The van der Waals surface area contributed by atoms with Crippen LogP contribution >= 0.6 is 0 Å². The van der Waals surface area contributed by atoms with Crippen molar-refractivity contribution in [3.05, 3.63) is 155 Å². The molecule has 13 nitrogen and oxygen atoms in total. The summed E-state index contributed by atoms with van der Waals surface area (Å²) in [6.07, 6.45) is -5.33. The lowest BCUT2D eigenvalue weighted by molar-refractivity contribution is -0.153. The van der Waals surface area contributed by atoms with Crippen molar-refractivity contribution < 1.29 is 57.2 Å². The molecule has 4 aromatic rings. The van der Waals surface area contributed by atoms with Gasteiger partial charge in [0.2, 0.25) is 11.7 Å². The normalized spacial score (nSPS) is 17.3. The molecule has 272 valence electrons. The Balaban J connectivity index is 1.61. The van der Waals surface area contributed by atoms with Gasteiger partial charge in [0.05, 0.1) is 29.4 Å². The molecule has 1 heterocycles. The highest BCUT2D eigenvalue weighted by Crippen LogP contribution is 2.30. The third-order valence-electron chi connectivity index (χ3n) is 7.89. The maximum absolute atomic E-state index is 13.8. The predicted octanol–water partition coefficient (Wildman–Crippen LogP) is 4.48. The van der Waals surface area contributed by atoms with E-state index in [1.54, 1.807) is 72.8 Å². The van der Waals surface area contributed by atoms with Crippen molar-refractivity contribution >= 4 is 35.8 Å². The Labute approximate surface area is 304 Å². The molecule has 1 aliphatic rings. The highest BCUT2D eigenvalue weighted by atomic mass is 16.6. The van der Waals surface area contributed by atoms with Crippen molar-refractivity contribution in [1.29, 1.82) is 0 Å². The number of nitrogens with one attached hydrogen (secondary N) is 1. The van der Waals surface area contributed by atoms with Gasteiger partial charge in [0, 0.05) is 13.0 Å². The lowest BCUT2D eigenvalue weighted by Gasteiger charge is -2.41. The number of carbonyl (C=O) groups is 6. The Kier molecular flexibility index (Phi) is 12.7. The Hall–Kier alpha value is -6.76. The summed E-state index contributed by atoms with van der Waals surface area (Å²) in [5.74, 6) is -5.54. The highest BCUT2D eigenvalue weighted by molar-refractivity contribution is 5.92. The zero-order valence-corrected chi connectivity index (χ0v) is 28.6. The molecule has 1 N–H and O–H groups in total. The number of rotatable bonds is 13. The molecule has 53 heavy (non-hydrogen) atoms. The van der Waals surface area contributed by atoms with E-state index in [1.807, 2.05) is 0 Å². The minimum absolute atomic E-state index is 0.0783. The molecular weight excluding hydrogens is 686 g/mol. The monoisotopic (exact) mass is 721 g/mol. The maximum Gasteiger partial charge on any atom is 0.373 e. The largest absolute Gasteiger partial charge is 0.477 e. The molecule has 1 amide bonds. The van der Waals surface area contributed by atoms with E-state index in [0.29, 0.717) is 0 Å². The van der Waals surface area contributed by atoms with Gasteiger partial charge >= 0.3 is 29.8 Å². The van der Waals surface area contributed by atoms with E-state index in [4.69, 9.17) is 28.4 Å². The van der Waals surface area contributed by atoms with Crippen LogP contribution in [0.25, 0.3) is 0 Å². The van der Waals surface area contributed by atoms with Gasteiger partial charge in [-0.25, -0.2) is 24.0 Å². The number of benzene rings is 4. The second kappa shape index (κ2) is 17.9. The summed E-state index contributed by atoms with van der Waals surface area (Å²) < 4.78 is 34.4. The zero-order chi connectivity index (χ0) is 37.7. The maximum atomic E-state index is 13.8. The van der Waals surface area contributed by atoms with Gasteiger partial charge in [-0.1, -0.05) is 72.8 Å². The molecule has 0 unspecified atom stereocenters. The third-order valence-corrected chi connectivity index (χ3v) is 7.89. The molecule has 5 rings (SSSR count). The second-order valence-corrected chi connectivity index (χ2v) is 11.6. The van der Waals surface area contributed by atoms with Gasteiger partial charge in [0.25, 0.3) is 0 Å². The van der Waals surface area contributed by atoms with Gasteiger partial charge in [-0.2, -0.15) is 0 Å². The van der Waals surface area contributed by atoms with Crippen LogP contribution in [0, 0.1) is 0 Å². The van der Waals surface area contributed by atoms with E-state index in [1.165, 1.54) is 55.5 Å². The summed E-state index contributed by atoms with van der Waals surface area (Å²) in [6.45, 7) is 0.490. The van der Waals surface area contributed by atoms with Crippen molar-refractivity contribution in [2.45, 2.75) is 37.4 Å². The highest BCUT2D eigenvalue weighted by Gasteiger charge is 2.50. The first kappa shape index (κ1) is 37.5. The SMILES string of the molecule is COC(=O)C1=C[C@H](OC(=O)c2ccccc2)[C@@H](NC(C)=O)[C@H]([C@H](OC(=O)c2ccccc2)[C@@H](COC(=O)c2ccccc2)OC(=O)c2ccccc2)O1. The van der Waals surface area contributed by atoms with E-state index in [0.717, 1.165) is 13.2 Å².